The van der Waals surface area contributed by atoms with Crippen LogP contribution in [-0.4, -0.2) is 16.5 Å². The number of hydrogen-bond acceptors (Lipinski definition) is 3. The highest BCUT2D eigenvalue weighted by molar-refractivity contribution is 9.10. The highest BCUT2D eigenvalue weighted by atomic mass is 79.9. The Morgan fingerprint density at radius 1 is 1.25 bits per heavy atom. The van der Waals surface area contributed by atoms with Crippen LogP contribution in [-0.2, 0) is 0 Å². The molecule has 1 aromatic carbocycles. The molecule has 0 saturated heterocycles. The lowest BCUT2D eigenvalue weighted by Crippen LogP contribution is -2.24. The lowest BCUT2D eigenvalue weighted by molar-refractivity contribution is 0.935. The van der Waals surface area contributed by atoms with E-state index in [1.165, 1.54) is 0 Å². The average molecular weight is 350 g/mol. The number of halogens is 1. The van der Waals surface area contributed by atoms with Crippen molar-refractivity contribution in [3.63, 3.8) is 0 Å². The number of aromatic nitrogens is 1. The average Bonchev–Trinajstić information content (AvgIpc) is 2.44. The Morgan fingerprint density at radius 2 is 1.95 bits per heavy atom. The van der Waals surface area contributed by atoms with Crippen LogP contribution in [0.1, 0.15) is 12.1 Å². The van der Waals surface area contributed by atoms with Gasteiger partial charge < -0.3 is 10.6 Å². The van der Waals surface area contributed by atoms with E-state index >= 15 is 0 Å². The second kappa shape index (κ2) is 6.81. The Labute approximate surface area is 132 Å². The molecule has 3 nitrogen and oxygen atoms in total. The van der Waals surface area contributed by atoms with Crippen molar-refractivity contribution in [3.05, 3.63) is 52.6 Å². The molecule has 0 aliphatic heterocycles. The summed E-state index contributed by atoms with van der Waals surface area (Å²) in [7, 11) is 0. The summed E-state index contributed by atoms with van der Waals surface area (Å²) in [6, 6.07) is 14.1. The molecule has 0 aliphatic rings. The van der Waals surface area contributed by atoms with Gasteiger partial charge in [0.05, 0.1) is 10.7 Å². The van der Waals surface area contributed by atoms with Gasteiger partial charge in [-0.1, -0.05) is 30.4 Å². The maximum absolute atomic E-state index is 5.63. The van der Waals surface area contributed by atoms with Crippen LogP contribution in [0, 0.1) is 6.92 Å². The number of rotatable bonds is 5. The molecule has 0 atom stereocenters. The van der Waals surface area contributed by atoms with Gasteiger partial charge in [0.2, 0.25) is 0 Å². The van der Waals surface area contributed by atoms with Crippen LogP contribution in [0.3, 0.4) is 0 Å². The molecule has 2 aromatic rings. The maximum Gasteiger partial charge on any atom is 0.133 e. The summed E-state index contributed by atoms with van der Waals surface area (Å²) < 4.78 is 1.00. The smallest absolute Gasteiger partial charge is 0.133 e. The van der Waals surface area contributed by atoms with Crippen molar-refractivity contribution >= 4 is 44.6 Å². The van der Waals surface area contributed by atoms with Crippen LogP contribution in [0.4, 0.5) is 11.5 Å². The third kappa shape index (κ3) is 3.77. The first kappa shape index (κ1) is 14.9. The molecule has 0 fully saturated rings. The van der Waals surface area contributed by atoms with E-state index in [0.717, 1.165) is 21.7 Å². The normalized spacial score (nSPS) is 10.3. The fourth-order valence-corrected chi connectivity index (χ4v) is 2.20. The third-order valence-electron chi connectivity index (χ3n) is 2.93. The Hall–Kier alpha value is -1.46. The van der Waals surface area contributed by atoms with E-state index in [-0.39, 0.29) is 0 Å². The summed E-state index contributed by atoms with van der Waals surface area (Å²) in [5, 5.41) is 0. The van der Waals surface area contributed by atoms with Gasteiger partial charge >= 0.3 is 0 Å². The van der Waals surface area contributed by atoms with Gasteiger partial charge in [-0.05, 0) is 47.1 Å². The van der Waals surface area contributed by atoms with Crippen LogP contribution < -0.4 is 10.6 Å². The third-order valence-corrected chi connectivity index (χ3v) is 3.98. The van der Waals surface area contributed by atoms with Gasteiger partial charge in [0.1, 0.15) is 5.82 Å². The number of hydrogen-bond donors (Lipinski definition) is 1. The number of anilines is 2. The summed E-state index contributed by atoms with van der Waals surface area (Å²) in [5.41, 5.74) is 7.67. The minimum Gasteiger partial charge on any atom is -0.393 e. The summed E-state index contributed by atoms with van der Waals surface area (Å²) in [4.78, 5) is 7.26. The number of nitrogens with two attached hydrogens (primary N) is 1. The first-order valence-corrected chi connectivity index (χ1v) is 7.52. The molecule has 0 radical (unpaired) electrons. The van der Waals surface area contributed by atoms with Crippen molar-refractivity contribution in [1.82, 2.24) is 4.98 Å². The van der Waals surface area contributed by atoms with Gasteiger partial charge in [0, 0.05) is 23.1 Å². The van der Waals surface area contributed by atoms with Gasteiger partial charge in [0.15, 0.2) is 0 Å². The molecule has 0 unspecified atom stereocenters. The molecule has 0 bridgehead atoms. The molecular weight excluding hydrogens is 334 g/mol. The van der Waals surface area contributed by atoms with E-state index < -0.39 is 0 Å². The van der Waals surface area contributed by atoms with Crippen molar-refractivity contribution in [2.45, 2.75) is 13.3 Å². The topological polar surface area (TPSA) is 42.2 Å². The zero-order valence-electron chi connectivity index (χ0n) is 11.2. The minimum atomic E-state index is 0.514. The summed E-state index contributed by atoms with van der Waals surface area (Å²) in [6.45, 7) is 2.69. The Bertz CT molecular complexity index is 601. The monoisotopic (exact) mass is 349 g/mol. The highest BCUT2D eigenvalue weighted by Gasteiger charge is 2.11. The van der Waals surface area contributed by atoms with Crippen molar-refractivity contribution in [3.8, 4) is 0 Å². The van der Waals surface area contributed by atoms with Crippen molar-refractivity contribution in [2.75, 3.05) is 11.4 Å². The molecule has 0 spiro atoms. The van der Waals surface area contributed by atoms with E-state index in [1.54, 1.807) is 0 Å². The number of thiocarbonyl (C=S) groups is 1. The standard InChI is InChI=1S/C15H16BrN3S/c1-11-13(16)7-8-15(18-11)19(10-9-14(17)20)12-5-3-2-4-6-12/h2-8H,9-10H2,1H3,(H2,17,20). The fraction of sp³-hybridized carbons (Fsp3) is 0.200. The zero-order valence-corrected chi connectivity index (χ0v) is 13.6. The van der Waals surface area contributed by atoms with Gasteiger partial charge in [-0.15, -0.1) is 0 Å². The second-order valence-corrected chi connectivity index (χ2v) is 5.82. The maximum atomic E-state index is 5.63. The number of pyridine rings is 1. The first-order valence-electron chi connectivity index (χ1n) is 6.32. The second-order valence-electron chi connectivity index (χ2n) is 4.44. The Morgan fingerprint density at radius 3 is 2.55 bits per heavy atom. The summed E-state index contributed by atoms with van der Waals surface area (Å²) in [6.07, 6.45) is 0.654. The van der Waals surface area contributed by atoms with Gasteiger partial charge in [0.25, 0.3) is 0 Å². The van der Waals surface area contributed by atoms with Crippen LogP contribution >= 0.6 is 28.1 Å². The van der Waals surface area contributed by atoms with E-state index in [1.807, 2.05) is 37.3 Å². The van der Waals surface area contributed by atoms with Crippen LogP contribution in [0.15, 0.2) is 46.9 Å². The van der Waals surface area contributed by atoms with Gasteiger partial charge in [-0.25, -0.2) is 4.98 Å². The van der Waals surface area contributed by atoms with Crippen molar-refractivity contribution in [1.29, 1.82) is 0 Å². The molecular formula is C15H16BrN3S. The van der Waals surface area contributed by atoms with Gasteiger partial charge in [-0.2, -0.15) is 0 Å². The molecule has 2 N–H and O–H groups in total. The predicted molar refractivity (Wildman–Crippen MR) is 91.5 cm³/mol. The van der Waals surface area contributed by atoms with E-state index in [4.69, 9.17) is 18.0 Å². The van der Waals surface area contributed by atoms with Crippen LogP contribution in [0.25, 0.3) is 0 Å². The number of nitrogens with zero attached hydrogens (tertiary/aromatic N) is 2. The molecule has 20 heavy (non-hydrogen) atoms. The molecule has 1 aromatic heterocycles. The molecule has 104 valence electrons. The predicted octanol–water partition coefficient (Wildman–Crippen LogP) is 3.97. The largest absolute Gasteiger partial charge is 0.393 e. The van der Waals surface area contributed by atoms with Crippen LogP contribution in [0.2, 0.25) is 0 Å². The highest BCUT2D eigenvalue weighted by Crippen LogP contribution is 2.26. The molecule has 1 heterocycles. The first-order chi connectivity index (χ1) is 9.58. The lowest BCUT2D eigenvalue weighted by atomic mass is 10.2. The van der Waals surface area contributed by atoms with E-state index in [0.29, 0.717) is 18.0 Å². The van der Waals surface area contributed by atoms with Gasteiger partial charge in [-0.3, -0.25) is 0 Å². The zero-order chi connectivity index (χ0) is 14.5. The quantitative estimate of drug-likeness (QED) is 0.829. The molecule has 5 heteroatoms. The number of benzene rings is 1. The molecule has 0 amide bonds. The lowest BCUT2D eigenvalue weighted by Gasteiger charge is -2.24. The summed E-state index contributed by atoms with van der Waals surface area (Å²) >= 11 is 8.46. The van der Waals surface area contributed by atoms with Crippen molar-refractivity contribution < 1.29 is 0 Å². The number of para-hydroxylation sites is 1. The Balaban J connectivity index is 2.35. The van der Waals surface area contributed by atoms with Crippen molar-refractivity contribution in [2.24, 2.45) is 5.73 Å². The fourth-order valence-electron chi connectivity index (χ4n) is 1.89. The van der Waals surface area contributed by atoms with E-state index in [9.17, 15) is 0 Å². The molecule has 0 saturated carbocycles. The molecule has 0 aliphatic carbocycles. The minimum absolute atomic E-state index is 0.514. The van der Waals surface area contributed by atoms with E-state index in [2.05, 4.69) is 37.9 Å². The Kier molecular flexibility index (Phi) is 5.09. The van der Waals surface area contributed by atoms with Crippen LogP contribution in [0.5, 0.6) is 0 Å². The summed E-state index contributed by atoms with van der Waals surface area (Å²) in [5.74, 6) is 0.896. The SMILES string of the molecule is Cc1nc(N(CCC(N)=S)c2ccccc2)ccc1Br. The molecule has 2 rings (SSSR count). The number of aryl methyl sites for hydroxylation is 1.